The molecule has 0 spiro atoms. The van der Waals surface area contributed by atoms with Crippen LogP contribution in [-0.2, 0) is 4.74 Å². The number of hydrogen-bond acceptors (Lipinski definition) is 6. The fourth-order valence-electron chi connectivity index (χ4n) is 1.61. The summed E-state index contributed by atoms with van der Waals surface area (Å²) in [5, 5.41) is 15.6. The van der Waals surface area contributed by atoms with Crippen molar-refractivity contribution in [2.75, 3.05) is 6.61 Å². The van der Waals surface area contributed by atoms with Crippen LogP contribution in [0.2, 0.25) is 0 Å². The van der Waals surface area contributed by atoms with Gasteiger partial charge in [-0.05, 0) is 25.5 Å². The van der Waals surface area contributed by atoms with E-state index in [4.69, 9.17) is 9.94 Å². The molecule has 0 fully saturated rings. The smallest absolute Gasteiger partial charge is 0.358 e. The molecule has 0 radical (unpaired) electrons. The van der Waals surface area contributed by atoms with Gasteiger partial charge >= 0.3 is 5.97 Å². The number of aromatic nitrogens is 3. The summed E-state index contributed by atoms with van der Waals surface area (Å²) >= 11 is 0. The maximum atomic E-state index is 11.7. The van der Waals surface area contributed by atoms with Gasteiger partial charge in [0.2, 0.25) is 0 Å². The second-order valence-corrected chi connectivity index (χ2v) is 3.60. The van der Waals surface area contributed by atoms with Crippen molar-refractivity contribution in [1.82, 2.24) is 14.6 Å². The molecule has 0 amide bonds. The number of rotatable bonds is 3. The lowest BCUT2D eigenvalue weighted by atomic mass is 10.3. The number of nitrogens with zero attached hydrogens (tertiary/aromatic N) is 4. The Morgan fingerprint density at radius 2 is 2.44 bits per heavy atom. The predicted molar refractivity (Wildman–Crippen MR) is 63.1 cm³/mol. The Kier molecular flexibility index (Phi) is 3.22. The van der Waals surface area contributed by atoms with Crippen LogP contribution in [0.25, 0.3) is 5.65 Å². The molecule has 7 heteroatoms. The van der Waals surface area contributed by atoms with Gasteiger partial charge in [0.25, 0.3) is 0 Å². The van der Waals surface area contributed by atoms with E-state index < -0.39 is 5.97 Å². The zero-order chi connectivity index (χ0) is 13.1. The molecule has 0 aliphatic carbocycles. The van der Waals surface area contributed by atoms with Crippen molar-refractivity contribution in [1.29, 1.82) is 0 Å². The van der Waals surface area contributed by atoms with E-state index in [9.17, 15) is 4.79 Å². The minimum atomic E-state index is -0.491. The Balaban J connectivity index is 2.59. The number of carbonyl (C=O) groups is 1. The van der Waals surface area contributed by atoms with Crippen molar-refractivity contribution >= 4 is 17.8 Å². The Hall–Kier alpha value is -2.44. The lowest BCUT2D eigenvalue weighted by molar-refractivity contribution is 0.0516. The largest absolute Gasteiger partial charge is 0.461 e. The van der Waals surface area contributed by atoms with Crippen LogP contribution < -0.4 is 0 Å². The Morgan fingerprint density at radius 1 is 1.67 bits per heavy atom. The molecular formula is C11H12N4O3. The van der Waals surface area contributed by atoms with Crippen molar-refractivity contribution in [2.24, 2.45) is 5.16 Å². The van der Waals surface area contributed by atoms with Crippen molar-refractivity contribution in [2.45, 2.75) is 13.8 Å². The van der Waals surface area contributed by atoms with E-state index in [0.717, 1.165) is 5.56 Å². The number of oxime groups is 1. The molecule has 94 valence electrons. The van der Waals surface area contributed by atoms with Crippen molar-refractivity contribution in [3.8, 4) is 0 Å². The second kappa shape index (κ2) is 4.82. The van der Waals surface area contributed by atoms with Gasteiger partial charge in [-0.3, -0.25) is 0 Å². The summed E-state index contributed by atoms with van der Waals surface area (Å²) in [7, 11) is 0. The van der Waals surface area contributed by atoms with Gasteiger partial charge in [0.1, 0.15) is 5.69 Å². The number of ether oxygens (including phenoxy) is 1. The number of fused-ring (bicyclic) bond motifs is 1. The zero-order valence-electron chi connectivity index (χ0n) is 9.99. The van der Waals surface area contributed by atoms with E-state index >= 15 is 0 Å². The maximum absolute atomic E-state index is 11.7. The average Bonchev–Trinajstić information content (AvgIpc) is 2.74. The van der Waals surface area contributed by atoms with Crippen molar-refractivity contribution < 1.29 is 14.7 Å². The van der Waals surface area contributed by atoms with E-state index in [2.05, 4.69) is 15.2 Å². The van der Waals surface area contributed by atoms with E-state index in [0.29, 0.717) is 11.3 Å². The van der Waals surface area contributed by atoms with Crippen molar-refractivity contribution in [3.05, 3.63) is 29.2 Å². The van der Waals surface area contributed by atoms with Crippen LogP contribution in [0.1, 0.15) is 28.7 Å². The summed E-state index contributed by atoms with van der Waals surface area (Å²) in [4.78, 5) is 15.8. The molecule has 0 atom stereocenters. The maximum Gasteiger partial charge on any atom is 0.358 e. The molecule has 0 aliphatic rings. The van der Waals surface area contributed by atoms with E-state index in [-0.39, 0.29) is 12.3 Å². The molecule has 0 unspecified atom stereocenters. The van der Waals surface area contributed by atoms with E-state index in [1.165, 1.54) is 16.9 Å². The lowest BCUT2D eigenvalue weighted by Crippen LogP contribution is -2.11. The molecular weight excluding hydrogens is 236 g/mol. The molecule has 1 N–H and O–H groups in total. The highest BCUT2D eigenvalue weighted by molar-refractivity contribution is 5.88. The third kappa shape index (κ3) is 2.02. The van der Waals surface area contributed by atoms with Gasteiger partial charge in [-0.25, -0.2) is 14.3 Å². The van der Waals surface area contributed by atoms with Gasteiger partial charge in [-0.2, -0.15) is 5.10 Å². The molecule has 2 heterocycles. The highest BCUT2D eigenvalue weighted by atomic mass is 16.5. The minimum Gasteiger partial charge on any atom is -0.461 e. The Bertz CT molecular complexity index is 618. The first-order valence-electron chi connectivity index (χ1n) is 5.37. The van der Waals surface area contributed by atoms with Gasteiger partial charge in [0.15, 0.2) is 11.3 Å². The molecule has 0 saturated heterocycles. The summed E-state index contributed by atoms with van der Waals surface area (Å²) in [6.45, 7) is 3.83. The van der Waals surface area contributed by atoms with Gasteiger partial charge in [0, 0.05) is 0 Å². The molecule has 2 rings (SSSR count). The number of hydrogen-bond donors (Lipinski definition) is 1. The van der Waals surface area contributed by atoms with E-state index in [1.807, 2.05) is 6.92 Å². The molecule has 0 bridgehead atoms. The summed E-state index contributed by atoms with van der Waals surface area (Å²) in [6.07, 6.45) is 2.59. The van der Waals surface area contributed by atoms with Gasteiger partial charge in [0.05, 0.1) is 19.0 Å². The average molecular weight is 248 g/mol. The SMILES string of the molecule is CCOC(=O)c1cnc2c(C)cc(C=NO)nn12. The third-order valence-electron chi connectivity index (χ3n) is 2.35. The summed E-state index contributed by atoms with van der Waals surface area (Å²) < 4.78 is 6.29. The van der Waals surface area contributed by atoms with Crippen LogP contribution in [0.4, 0.5) is 0 Å². The highest BCUT2D eigenvalue weighted by Crippen LogP contribution is 2.11. The fourth-order valence-corrected chi connectivity index (χ4v) is 1.61. The summed E-state index contributed by atoms with van der Waals surface area (Å²) in [5.41, 5.74) is 2.04. The zero-order valence-corrected chi connectivity index (χ0v) is 9.99. The molecule has 0 aliphatic heterocycles. The van der Waals surface area contributed by atoms with Gasteiger partial charge in [-0.15, -0.1) is 0 Å². The second-order valence-electron chi connectivity index (χ2n) is 3.60. The normalized spacial score (nSPS) is 11.2. The molecule has 2 aromatic heterocycles. The number of esters is 1. The molecule has 0 saturated carbocycles. The first kappa shape index (κ1) is 12.0. The van der Waals surface area contributed by atoms with E-state index in [1.54, 1.807) is 13.0 Å². The molecule has 18 heavy (non-hydrogen) atoms. The number of carbonyl (C=O) groups excluding carboxylic acids is 1. The monoisotopic (exact) mass is 248 g/mol. The quantitative estimate of drug-likeness (QED) is 0.379. The molecule has 2 aromatic rings. The van der Waals surface area contributed by atoms with Crippen LogP contribution in [0.15, 0.2) is 17.4 Å². The van der Waals surface area contributed by atoms with Gasteiger partial charge in [-0.1, -0.05) is 5.16 Å². The molecule has 7 nitrogen and oxygen atoms in total. The standard InChI is InChI=1S/C11H12N4O3/c1-3-18-11(16)9-6-12-10-7(2)4-8(5-13-17)14-15(9)10/h4-6,17H,3H2,1-2H3. The van der Waals surface area contributed by atoms with Crippen LogP contribution in [-0.4, -0.2) is 38.6 Å². The Labute approximate surface area is 103 Å². The fraction of sp³-hybridized carbons (Fsp3) is 0.273. The summed E-state index contributed by atoms with van der Waals surface area (Å²) in [6, 6.07) is 1.71. The van der Waals surface area contributed by atoms with Gasteiger partial charge < -0.3 is 9.94 Å². The minimum absolute atomic E-state index is 0.239. The van der Waals surface area contributed by atoms with Crippen LogP contribution in [0, 0.1) is 6.92 Å². The van der Waals surface area contributed by atoms with Crippen LogP contribution >= 0.6 is 0 Å². The first-order chi connectivity index (χ1) is 8.67. The third-order valence-corrected chi connectivity index (χ3v) is 2.35. The van der Waals surface area contributed by atoms with Crippen molar-refractivity contribution in [3.63, 3.8) is 0 Å². The first-order valence-corrected chi connectivity index (χ1v) is 5.37. The highest BCUT2D eigenvalue weighted by Gasteiger charge is 2.15. The predicted octanol–water partition coefficient (Wildman–Crippen LogP) is 1.02. The lowest BCUT2D eigenvalue weighted by Gasteiger charge is -2.03. The topological polar surface area (TPSA) is 89.1 Å². The van der Waals surface area contributed by atoms with Crippen LogP contribution in [0.5, 0.6) is 0 Å². The van der Waals surface area contributed by atoms with Crippen LogP contribution in [0.3, 0.4) is 0 Å². The Morgan fingerprint density at radius 3 is 3.11 bits per heavy atom. The molecule has 0 aromatic carbocycles. The number of imidazole rings is 1. The summed E-state index contributed by atoms with van der Waals surface area (Å²) in [5.74, 6) is -0.491. The number of aryl methyl sites for hydroxylation is 1.